The van der Waals surface area contributed by atoms with Crippen LogP contribution in [0.1, 0.15) is 22.6 Å². The topological polar surface area (TPSA) is 0 Å². The van der Waals surface area contributed by atoms with E-state index in [0.717, 1.165) is 10.9 Å². The van der Waals surface area contributed by atoms with Gasteiger partial charge in [-0.05, 0) is 48.1 Å². The molecule has 3 heteroatoms. The van der Waals surface area contributed by atoms with Crippen LogP contribution >= 0.6 is 15.9 Å². The van der Waals surface area contributed by atoms with Crippen molar-refractivity contribution in [2.24, 2.45) is 0 Å². The van der Waals surface area contributed by atoms with Crippen molar-refractivity contribution in [1.82, 2.24) is 0 Å². The fraction of sp³-hybridized carbons (Fsp3) is 0.250. The predicted molar refractivity (Wildman–Crippen MR) is 77.8 cm³/mol. The van der Waals surface area contributed by atoms with Crippen LogP contribution in [0.5, 0.6) is 0 Å². The molecule has 0 aliphatic heterocycles. The lowest BCUT2D eigenvalue weighted by Gasteiger charge is -2.17. The molecule has 0 bridgehead atoms. The first-order valence-electron chi connectivity index (χ1n) is 6.17. The van der Waals surface area contributed by atoms with E-state index in [4.69, 9.17) is 0 Å². The third-order valence-electron chi connectivity index (χ3n) is 3.28. The highest BCUT2D eigenvalue weighted by Crippen LogP contribution is 2.26. The highest BCUT2D eigenvalue weighted by atomic mass is 79.9. The van der Waals surface area contributed by atoms with Crippen LogP contribution in [0.3, 0.4) is 0 Å². The minimum atomic E-state index is -0.796. The molecule has 0 saturated heterocycles. The molecule has 0 spiro atoms. The Morgan fingerprint density at radius 2 is 1.79 bits per heavy atom. The number of aryl methyl sites for hydroxylation is 1. The Kier molecular flexibility index (Phi) is 4.70. The highest BCUT2D eigenvalue weighted by Gasteiger charge is 2.14. The lowest BCUT2D eigenvalue weighted by Crippen LogP contribution is -2.06. The van der Waals surface area contributed by atoms with Crippen molar-refractivity contribution in [3.8, 4) is 0 Å². The summed E-state index contributed by atoms with van der Waals surface area (Å²) in [6.07, 6.45) is 0.688. The molecule has 0 aromatic heterocycles. The zero-order valence-electron chi connectivity index (χ0n) is 10.7. The number of alkyl halides is 1. The lowest BCUT2D eigenvalue weighted by molar-refractivity contribution is 0.506. The number of hydrogen-bond donors (Lipinski definition) is 0. The Hall–Kier alpha value is -1.22. The maximum atomic E-state index is 13.2. The zero-order valence-corrected chi connectivity index (χ0v) is 12.3. The summed E-state index contributed by atoms with van der Waals surface area (Å²) >= 11 is 3.51. The summed E-state index contributed by atoms with van der Waals surface area (Å²) in [6.45, 7) is 2.07. The van der Waals surface area contributed by atoms with Gasteiger partial charge >= 0.3 is 0 Å². The summed E-state index contributed by atoms with van der Waals surface area (Å²) in [5, 5.41) is 0.789. The largest absolute Gasteiger partial charge is 0.204 e. The van der Waals surface area contributed by atoms with Gasteiger partial charge in [-0.2, -0.15) is 0 Å². The fourth-order valence-corrected chi connectivity index (χ4v) is 2.82. The van der Waals surface area contributed by atoms with Crippen LogP contribution in [-0.4, -0.2) is 5.33 Å². The van der Waals surface area contributed by atoms with Gasteiger partial charge in [0, 0.05) is 5.33 Å². The first-order chi connectivity index (χ1) is 9.11. The molecule has 2 aromatic carbocycles. The third-order valence-corrected chi connectivity index (χ3v) is 4.06. The Labute approximate surface area is 120 Å². The lowest BCUT2D eigenvalue weighted by atomic mass is 9.91. The van der Waals surface area contributed by atoms with Gasteiger partial charge in [0.1, 0.15) is 0 Å². The molecule has 2 rings (SSSR count). The summed E-state index contributed by atoms with van der Waals surface area (Å²) < 4.78 is 26.1. The van der Waals surface area contributed by atoms with E-state index in [1.807, 2.05) is 12.1 Å². The molecule has 0 nitrogen and oxygen atoms in total. The summed E-state index contributed by atoms with van der Waals surface area (Å²) in [5.41, 5.74) is 3.27. The molecule has 100 valence electrons. The molecule has 19 heavy (non-hydrogen) atoms. The molecule has 0 aliphatic carbocycles. The number of halogens is 3. The Morgan fingerprint density at radius 3 is 2.42 bits per heavy atom. The second-order valence-electron chi connectivity index (χ2n) is 4.66. The molecule has 1 unspecified atom stereocenters. The molecule has 0 saturated carbocycles. The molecule has 1 atom stereocenters. The van der Waals surface area contributed by atoms with Gasteiger partial charge in [-0.15, -0.1) is 0 Å². The normalized spacial score (nSPS) is 12.4. The number of rotatable bonds is 4. The van der Waals surface area contributed by atoms with Crippen molar-refractivity contribution >= 4 is 15.9 Å². The Balaban J connectivity index is 2.24. The first kappa shape index (κ1) is 14.2. The van der Waals surface area contributed by atoms with Gasteiger partial charge < -0.3 is 0 Å². The van der Waals surface area contributed by atoms with Crippen molar-refractivity contribution in [2.45, 2.75) is 19.3 Å². The fourth-order valence-electron chi connectivity index (χ4n) is 2.24. The van der Waals surface area contributed by atoms with E-state index < -0.39 is 11.6 Å². The Bertz CT molecular complexity index is 566. The monoisotopic (exact) mass is 324 g/mol. The minimum Gasteiger partial charge on any atom is -0.204 e. The van der Waals surface area contributed by atoms with Gasteiger partial charge in [0.05, 0.1) is 0 Å². The van der Waals surface area contributed by atoms with Gasteiger partial charge in [0.15, 0.2) is 11.6 Å². The molecular weight excluding hydrogens is 310 g/mol. The van der Waals surface area contributed by atoms with Gasteiger partial charge in [0.2, 0.25) is 0 Å². The van der Waals surface area contributed by atoms with Gasteiger partial charge in [-0.3, -0.25) is 0 Å². The predicted octanol–water partition coefficient (Wildman–Crippen LogP) is 4.99. The van der Waals surface area contributed by atoms with Gasteiger partial charge in [-0.25, -0.2) is 8.78 Å². The number of hydrogen-bond acceptors (Lipinski definition) is 0. The first-order valence-corrected chi connectivity index (χ1v) is 7.29. The van der Waals surface area contributed by atoms with E-state index in [2.05, 4.69) is 35.0 Å². The van der Waals surface area contributed by atoms with Crippen LogP contribution in [-0.2, 0) is 6.42 Å². The zero-order chi connectivity index (χ0) is 13.8. The summed E-state index contributed by atoms with van der Waals surface area (Å²) in [6, 6.07) is 12.3. The van der Waals surface area contributed by atoms with E-state index >= 15 is 0 Å². The van der Waals surface area contributed by atoms with Crippen LogP contribution in [0, 0.1) is 18.6 Å². The molecular formula is C16H15BrF2. The summed E-state index contributed by atoms with van der Waals surface area (Å²) in [4.78, 5) is 0. The molecule has 0 aliphatic rings. The Morgan fingerprint density at radius 1 is 1.05 bits per heavy atom. The van der Waals surface area contributed by atoms with Crippen LogP contribution in [0.15, 0.2) is 42.5 Å². The van der Waals surface area contributed by atoms with Crippen molar-refractivity contribution < 1.29 is 8.78 Å². The summed E-state index contributed by atoms with van der Waals surface area (Å²) in [7, 11) is 0. The van der Waals surface area contributed by atoms with Crippen LogP contribution in [0.25, 0.3) is 0 Å². The molecule has 2 aromatic rings. The van der Waals surface area contributed by atoms with Crippen molar-refractivity contribution in [2.75, 3.05) is 5.33 Å². The molecule has 0 amide bonds. The quantitative estimate of drug-likeness (QED) is 0.695. The van der Waals surface area contributed by atoms with Crippen molar-refractivity contribution in [1.29, 1.82) is 0 Å². The van der Waals surface area contributed by atoms with Crippen molar-refractivity contribution in [3.05, 3.63) is 70.8 Å². The molecule has 0 heterocycles. The maximum absolute atomic E-state index is 13.2. The average Bonchev–Trinajstić information content (AvgIpc) is 2.41. The minimum absolute atomic E-state index is 0.256. The van der Waals surface area contributed by atoms with Gasteiger partial charge in [-0.1, -0.05) is 46.3 Å². The van der Waals surface area contributed by atoms with Crippen LogP contribution < -0.4 is 0 Å². The van der Waals surface area contributed by atoms with E-state index in [0.29, 0.717) is 6.42 Å². The SMILES string of the molecule is Cc1ccccc1C(CBr)Cc1ccc(F)c(F)c1. The summed E-state index contributed by atoms with van der Waals surface area (Å²) in [5.74, 6) is -1.32. The maximum Gasteiger partial charge on any atom is 0.159 e. The van der Waals surface area contributed by atoms with Crippen molar-refractivity contribution in [3.63, 3.8) is 0 Å². The van der Waals surface area contributed by atoms with E-state index in [1.54, 1.807) is 6.07 Å². The standard InChI is InChI=1S/C16H15BrF2/c1-11-4-2-3-5-14(11)13(10-17)8-12-6-7-15(18)16(19)9-12/h2-7,9,13H,8,10H2,1H3. The third kappa shape index (κ3) is 3.41. The van der Waals surface area contributed by atoms with E-state index in [-0.39, 0.29) is 5.92 Å². The van der Waals surface area contributed by atoms with E-state index in [9.17, 15) is 8.78 Å². The number of benzene rings is 2. The average molecular weight is 325 g/mol. The highest BCUT2D eigenvalue weighted by molar-refractivity contribution is 9.09. The van der Waals surface area contributed by atoms with Crippen LogP contribution in [0.2, 0.25) is 0 Å². The van der Waals surface area contributed by atoms with E-state index in [1.165, 1.54) is 23.3 Å². The van der Waals surface area contributed by atoms with Crippen LogP contribution in [0.4, 0.5) is 8.78 Å². The second-order valence-corrected chi connectivity index (χ2v) is 5.31. The second kappa shape index (κ2) is 6.29. The smallest absolute Gasteiger partial charge is 0.159 e. The molecule has 0 fully saturated rings. The molecule has 0 radical (unpaired) electrons. The molecule has 0 N–H and O–H groups in total. The van der Waals surface area contributed by atoms with Gasteiger partial charge in [0.25, 0.3) is 0 Å².